The molecule has 0 aromatic heterocycles. The van der Waals surface area contributed by atoms with Crippen LogP contribution in [0.1, 0.15) is 42.8 Å². The third kappa shape index (κ3) is 4.59. The molecule has 2 aromatic carbocycles. The summed E-state index contributed by atoms with van der Waals surface area (Å²) < 4.78 is 11.8. The fraction of sp³-hybridized carbons (Fsp3) is 0.381. The zero-order chi connectivity index (χ0) is 18.7. The first-order valence-electron chi connectivity index (χ1n) is 8.57. The second kappa shape index (κ2) is 7.54. The summed E-state index contributed by atoms with van der Waals surface area (Å²) >= 11 is 0. The Hall–Kier alpha value is -1.91. The van der Waals surface area contributed by atoms with E-state index in [-0.39, 0.29) is 10.8 Å². The number of ether oxygens (including phenoxy) is 1. The molecule has 0 heterocycles. The van der Waals surface area contributed by atoms with Crippen LogP contribution in [-0.2, 0) is 4.43 Å². The summed E-state index contributed by atoms with van der Waals surface area (Å²) in [5.74, 6) is 0.762. The van der Waals surface area contributed by atoms with E-state index in [1.807, 2.05) is 54.6 Å². The summed E-state index contributed by atoms with van der Waals surface area (Å²) in [6.07, 6.45) is -0.603. The summed E-state index contributed by atoms with van der Waals surface area (Å²) in [6.45, 7) is 10.9. The molecule has 4 heteroatoms. The van der Waals surface area contributed by atoms with Gasteiger partial charge in [-0.15, -0.1) is 0 Å². The minimum atomic E-state index is -2.12. The minimum Gasteiger partial charge on any atom is -0.497 e. The molecular weight excluding hydrogens is 328 g/mol. The Bertz CT molecular complexity index is 700. The molecule has 0 fully saturated rings. The van der Waals surface area contributed by atoms with E-state index >= 15 is 0 Å². The molecule has 0 spiro atoms. The standard InChI is InChI=1S/C21H28O3Si/c1-21(2,3)25(5,6)24-20(17-12-14-18(23-4)15-13-17)19(22)16-10-8-7-9-11-16/h7-15,20H,1-6H3. The zero-order valence-corrected chi connectivity index (χ0v) is 17.0. The van der Waals surface area contributed by atoms with Crippen molar-refractivity contribution in [1.82, 2.24) is 0 Å². The van der Waals surface area contributed by atoms with Gasteiger partial charge in [-0.3, -0.25) is 4.79 Å². The van der Waals surface area contributed by atoms with Crippen LogP contribution in [0.5, 0.6) is 5.75 Å². The van der Waals surface area contributed by atoms with Gasteiger partial charge >= 0.3 is 0 Å². The van der Waals surface area contributed by atoms with E-state index in [9.17, 15) is 4.79 Å². The van der Waals surface area contributed by atoms with Crippen molar-refractivity contribution >= 4 is 14.1 Å². The first kappa shape index (κ1) is 19.4. The molecule has 2 rings (SSSR count). The first-order chi connectivity index (χ1) is 11.7. The molecule has 2 aromatic rings. The average Bonchev–Trinajstić information content (AvgIpc) is 2.59. The van der Waals surface area contributed by atoms with Crippen LogP contribution in [0, 0.1) is 0 Å². The molecule has 1 atom stereocenters. The quantitative estimate of drug-likeness (QED) is 0.496. The van der Waals surface area contributed by atoms with Crippen molar-refractivity contribution in [1.29, 1.82) is 0 Å². The van der Waals surface area contributed by atoms with Gasteiger partial charge in [0.15, 0.2) is 14.1 Å². The maximum Gasteiger partial charge on any atom is 0.194 e. The van der Waals surface area contributed by atoms with Gasteiger partial charge in [-0.25, -0.2) is 0 Å². The highest BCUT2D eigenvalue weighted by molar-refractivity contribution is 6.74. The first-order valence-corrected chi connectivity index (χ1v) is 11.5. The second-order valence-corrected chi connectivity index (χ2v) is 12.5. The van der Waals surface area contributed by atoms with E-state index in [2.05, 4.69) is 33.9 Å². The number of carbonyl (C=O) groups is 1. The molecule has 0 aliphatic rings. The maximum absolute atomic E-state index is 13.2. The van der Waals surface area contributed by atoms with Crippen LogP contribution in [0.25, 0.3) is 0 Å². The summed E-state index contributed by atoms with van der Waals surface area (Å²) in [4.78, 5) is 13.2. The third-order valence-corrected chi connectivity index (χ3v) is 9.37. The molecule has 0 radical (unpaired) electrons. The van der Waals surface area contributed by atoms with Gasteiger partial charge in [-0.05, 0) is 35.8 Å². The predicted molar refractivity (Wildman–Crippen MR) is 105 cm³/mol. The van der Waals surface area contributed by atoms with Crippen molar-refractivity contribution in [2.75, 3.05) is 7.11 Å². The van der Waals surface area contributed by atoms with Gasteiger partial charge in [-0.1, -0.05) is 63.2 Å². The lowest BCUT2D eigenvalue weighted by Crippen LogP contribution is -2.43. The van der Waals surface area contributed by atoms with Gasteiger partial charge in [0.25, 0.3) is 0 Å². The Balaban J connectivity index is 2.42. The molecule has 0 aliphatic heterocycles. The molecule has 134 valence electrons. The lowest BCUT2D eigenvalue weighted by Gasteiger charge is -2.39. The molecular formula is C21H28O3Si. The number of benzene rings is 2. The average molecular weight is 357 g/mol. The van der Waals surface area contributed by atoms with Gasteiger partial charge < -0.3 is 9.16 Å². The van der Waals surface area contributed by atoms with E-state index in [1.54, 1.807) is 7.11 Å². The third-order valence-electron chi connectivity index (χ3n) is 4.93. The second-order valence-electron chi connectivity index (χ2n) is 7.76. The Morgan fingerprint density at radius 3 is 2.00 bits per heavy atom. The van der Waals surface area contributed by atoms with Gasteiger partial charge in [0.1, 0.15) is 11.9 Å². The number of carbonyl (C=O) groups excluding carboxylic acids is 1. The topological polar surface area (TPSA) is 35.5 Å². The van der Waals surface area contributed by atoms with Gasteiger partial charge in [-0.2, -0.15) is 0 Å². The van der Waals surface area contributed by atoms with Crippen molar-refractivity contribution < 1.29 is 14.0 Å². The molecule has 3 nitrogen and oxygen atoms in total. The van der Waals surface area contributed by atoms with E-state index < -0.39 is 14.4 Å². The molecule has 0 saturated heterocycles. The predicted octanol–water partition coefficient (Wildman–Crippen LogP) is 5.64. The Kier molecular flexibility index (Phi) is 5.86. The minimum absolute atomic E-state index is 0.00408. The number of ketones is 1. The summed E-state index contributed by atoms with van der Waals surface area (Å²) in [7, 11) is -0.488. The molecule has 0 bridgehead atoms. The lowest BCUT2D eigenvalue weighted by molar-refractivity contribution is 0.0767. The Labute approximate surface area is 152 Å². The molecule has 1 unspecified atom stereocenters. The number of rotatable bonds is 6. The fourth-order valence-corrected chi connectivity index (χ4v) is 3.46. The van der Waals surface area contributed by atoms with E-state index in [0.717, 1.165) is 11.3 Å². The number of Topliss-reactive ketones (excluding diaryl/α,β-unsaturated/α-hetero) is 1. The van der Waals surface area contributed by atoms with Crippen LogP contribution in [0.15, 0.2) is 54.6 Å². The molecule has 0 saturated carbocycles. The van der Waals surface area contributed by atoms with Crippen LogP contribution in [0.4, 0.5) is 0 Å². The summed E-state index contributed by atoms with van der Waals surface area (Å²) in [6, 6.07) is 16.9. The number of hydrogen-bond donors (Lipinski definition) is 0. The monoisotopic (exact) mass is 356 g/mol. The van der Waals surface area contributed by atoms with Crippen LogP contribution in [0.2, 0.25) is 18.1 Å². The van der Waals surface area contributed by atoms with Crippen LogP contribution >= 0.6 is 0 Å². The van der Waals surface area contributed by atoms with Gasteiger partial charge in [0.2, 0.25) is 0 Å². The smallest absolute Gasteiger partial charge is 0.194 e. The maximum atomic E-state index is 13.2. The van der Waals surface area contributed by atoms with Crippen molar-refractivity contribution in [3.05, 3.63) is 65.7 Å². The van der Waals surface area contributed by atoms with Crippen molar-refractivity contribution in [3.8, 4) is 5.75 Å². The van der Waals surface area contributed by atoms with E-state index in [1.165, 1.54) is 0 Å². The Morgan fingerprint density at radius 2 is 1.52 bits per heavy atom. The molecule has 0 aliphatic carbocycles. The van der Waals surface area contributed by atoms with Crippen molar-refractivity contribution in [3.63, 3.8) is 0 Å². The molecule has 0 amide bonds. The number of hydrogen-bond acceptors (Lipinski definition) is 3. The summed E-state index contributed by atoms with van der Waals surface area (Å²) in [5.41, 5.74) is 1.53. The lowest BCUT2D eigenvalue weighted by atomic mass is 10.00. The highest BCUT2D eigenvalue weighted by Crippen LogP contribution is 2.40. The largest absolute Gasteiger partial charge is 0.497 e. The van der Waals surface area contributed by atoms with E-state index in [4.69, 9.17) is 9.16 Å². The van der Waals surface area contributed by atoms with Crippen LogP contribution in [-0.4, -0.2) is 21.2 Å². The highest BCUT2D eigenvalue weighted by atomic mass is 28.4. The van der Waals surface area contributed by atoms with Crippen molar-refractivity contribution in [2.45, 2.75) is 45.0 Å². The van der Waals surface area contributed by atoms with Gasteiger partial charge in [0.05, 0.1) is 7.11 Å². The highest BCUT2D eigenvalue weighted by Gasteiger charge is 2.41. The van der Waals surface area contributed by atoms with Crippen molar-refractivity contribution in [2.24, 2.45) is 0 Å². The fourth-order valence-electron chi connectivity index (χ4n) is 2.28. The number of methoxy groups -OCH3 is 1. The SMILES string of the molecule is COc1ccc(C(O[Si](C)(C)C(C)(C)C)C(=O)c2ccccc2)cc1. The normalized spacial score (nSPS) is 13.4. The van der Waals surface area contributed by atoms with E-state index in [0.29, 0.717) is 5.56 Å². The molecule has 0 N–H and O–H groups in total. The summed E-state index contributed by atoms with van der Waals surface area (Å²) in [5, 5.41) is 0.0225. The van der Waals surface area contributed by atoms with Crippen LogP contribution in [0.3, 0.4) is 0 Å². The Morgan fingerprint density at radius 1 is 0.960 bits per heavy atom. The van der Waals surface area contributed by atoms with Gasteiger partial charge in [0, 0.05) is 5.56 Å². The zero-order valence-electron chi connectivity index (χ0n) is 16.0. The van der Waals surface area contributed by atoms with Crippen LogP contribution < -0.4 is 4.74 Å². The molecule has 25 heavy (non-hydrogen) atoms.